The van der Waals surface area contributed by atoms with Crippen LogP contribution in [0.4, 0.5) is 0 Å². The van der Waals surface area contributed by atoms with Crippen LogP contribution < -0.4 is 0 Å². The van der Waals surface area contributed by atoms with E-state index in [9.17, 15) is 14.7 Å². The van der Waals surface area contributed by atoms with E-state index in [-0.39, 0.29) is 28.7 Å². The van der Waals surface area contributed by atoms with E-state index in [0.29, 0.717) is 26.2 Å². The number of phenolic OH excluding ortho intramolecular Hbond substituents is 1. The first-order valence-corrected chi connectivity index (χ1v) is 12.3. The predicted octanol–water partition coefficient (Wildman–Crippen LogP) is 0.339. The van der Waals surface area contributed by atoms with Gasteiger partial charge >= 0.3 is 0 Å². The smallest absolute Gasteiger partial charge is 0.257 e. The van der Waals surface area contributed by atoms with Gasteiger partial charge in [0.15, 0.2) is 0 Å². The molecule has 0 spiro atoms. The molecule has 2 heterocycles. The van der Waals surface area contributed by atoms with Crippen molar-refractivity contribution in [1.29, 1.82) is 0 Å². The number of aryl methyl sites for hydroxylation is 1. The van der Waals surface area contributed by atoms with Crippen molar-refractivity contribution in [2.24, 2.45) is 0 Å². The van der Waals surface area contributed by atoms with Crippen LogP contribution in [0.1, 0.15) is 26.3 Å². The molecular weight excluding hydrogens is 432 g/mol. The second kappa shape index (κ2) is 12.0. The summed E-state index contributed by atoms with van der Waals surface area (Å²) in [5.41, 5.74) is 1.22. The summed E-state index contributed by atoms with van der Waals surface area (Å²) in [6.45, 7) is 11.1. The summed E-state index contributed by atoms with van der Waals surface area (Å²) in [5.74, 6) is -0.644. The third-order valence-corrected chi connectivity index (χ3v) is 7.02. The Balaban J connectivity index is 1.85. The number of hydrogen-bond donors (Lipinski definition) is 1. The highest BCUT2D eigenvalue weighted by atomic mass is 16.3. The zero-order valence-corrected chi connectivity index (χ0v) is 21.6. The maximum atomic E-state index is 13.5. The van der Waals surface area contributed by atoms with E-state index in [1.54, 1.807) is 21.9 Å². The molecule has 3 rings (SSSR count). The average molecular weight is 475 g/mol. The lowest BCUT2D eigenvalue weighted by Gasteiger charge is -2.27. The molecule has 190 valence electrons. The van der Waals surface area contributed by atoms with E-state index in [4.69, 9.17) is 0 Å². The van der Waals surface area contributed by atoms with Crippen molar-refractivity contribution in [2.45, 2.75) is 6.92 Å². The number of carbonyl (C=O) groups excluding carboxylic acids is 2. The first kappa shape index (κ1) is 26.4. The molecule has 0 aromatic heterocycles. The minimum Gasteiger partial charge on any atom is -0.506 e. The summed E-state index contributed by atoms with van der Waals surface area (Å²) >= 11 is 0. The van der Waals surface area contributed by atoms with Gasteiger partial charge in [-0.05, 0) is 52.8 Å². The molecule has 9 heteroatoms. The molecule has 0 atom stereocenters. The fourth-order valence-corrected chi connectivity index (χ4v) is 4.37. The van der Waals surface area contributed by atoms with Gasteiger partial charge in [0.1, 0.15) is 5.75 Å². The number of nitrogens with zero attached hydrogens (tertiary/aromatic N) is 6. The SMILES string of the molecule is Cc1cc(C(=O)N2CCN(C)CCN(C)CC2)c(O)c(C(=O)N2CCN(C)CCN(C)CC2)c1. The molecule has 0 saturated carbocycles. The van der Waals surface area contributed by atoms with Crippen molar-refractivity contribution >= 4 is 11.8 Å². The van der Waals surface area contributed by atoms with Gasteiger partial charge < -0.3 is 34.5 Å². The van der Waals surface area contributed by atoms with Crippen LogP contribution in [0.2, 0.25) is 0 Å². The van der Waals surface area contributed by atoms with Gasteiger partial charge in [-0.15, -0.1) is 0 Å². The third-order valence-electron chi connectivity index (χ3n) is 7.02. The van der Waals surface area contributed by atoms with E-state index in [2.05, 4.69) is 47.8 Å². The largest absolute Gasteiger partial charge is 0.506 e. The van der Waals surface area contributed by atoms with Gasteiger partial charge in [0.2, 0.25) is 0 Å². The van der Waals surface area contributed by atoms with Crippen LogP contribution in [0.5, 0.6) is 5.75 Å². The number of likely N-dealkylation sites (N-methyl/N-ethyl adjacent to an activating group) is 4. The molecule has 1 aromatic rings. The number of carbonyl (C=O) groups is 2. The van der Waals surface area contributed by atoms with Crippen molar-refractivity contribution in [1.82, 2.24) is 29.4 Å². The highest BCUT2D eigenvalue weighted by Crippen LogP contribution is 2.27. The Morgan fingerprint density at radius 2 is 0.853 bits per heavy atom. The normalized spacial score (nSPS) is 21.2. The van der Waals surface area contributed by atoms with Crippen molar-refractivity contribution in [3.05, 3.63) is 28.8 Å². The molecule has 2 aliphatic heterocycles. The molecule has 2 fully saturated rings. The zero-order chi connectivity index (χ0) is 24.8. The number of rotatable bonds is 2. The summed E-state index contributed by atoms with van der Waals surface area (Å²) in [6, 6.07) is 3.41. The monoisotopic (exact) mass is 474 g/mol. The number of benzene rings is 1. The first-order valence-electron chi connectivity index (χ1n) is 12.3. The minimum absolute atomic E-state index is 0.205. The lowest BCUT2D eigenvalue weighted by molar-refractivity contribution is 0.0733. The summed E-state index contributed by atoms with van der Waals surface area (Å²) in [5, 5.41) is 11.1. The molecule has 0 bridgehead atoms. The third kappa shape index (κ3) is 6.91. The van der Waals surface area contributed by atoms with Crippen LogP contribution in [0.15, 0.2) is 12.1 Å². The summed E-state index contributed by atoms with van der Waals surface area (Å²) in [4.78, 5) is 39.5. The second-order valence-corrected chi connectivity index (χ2v) is 10.0. The van der Waals surface area contributed by atoms with Gasteiger partial charge in [0.05, 0.1) is 11.1 Å². The fraction of sp³-hybridized carbons (Fsp3) is 0.680. The van der Waals surface area contributed by atoms with Gasteiger partial charge in [0, 0.05) is 78.5 Å². The minimum atomic E-state index is -0.220. The van der Waals surface area contributed by atoms with E-state index >= 15 is 0 Å². The molecule has 0 radical (unpaired) electrons. The van der Waals surface area contributed by atoms with Crippen LogP contribution in [-0.4, -0.2) is 153 Å². The Hall–Kier alpha value is -2.20. The Bertz CT molecular complexity index is 770. The van der Waals surface area contributed by atoms with Crippen LogP contribution in [-0.2, 0) is 0 Å². The fourth-order valence-electron chi connectivity index (χ4n) is 4.37. The first-order chi connectivity index (χ1) is 16.2. The van der Waals surface area contributed by atoms with E-state index in [1.807, 2.05) is 6.92 Å². The summed E-state index contributed by atoms with van der Waals surface area (Å²) < 4.78 is 0. The lowest BCUT2D eigenvalue weighted by Crippen LogP contribution is -2.40. The van der Waals surface area contributed by atoms with Crippen molar-refractivity contribution in [3.8, 4) is 5.75 Å². The van der Waals surface area contributed by atoms with E-state index < -0.39 is 0 Å². The van der Waals surface area contributed by atoms with Gasteiger partial charge in [-0.3, -0.25) is 9.59 Å². The summed E-state index contributed by atoms with van der Waals surface area (Å²) in [6.07, 6.45) is 0. The molecule has 2 aliphatic rings. The number of aromatic hydroxyl groups is 1. The van der Waals surface area contributed by atoms with Crippen LogP contribution >= 0.6 is 0 Å². The van der Waals surface area contributed by atoms with Crippen molar-refractivity contribution < 1.29 is 14.7 Å². The highest BCUT2D eigenvalue weighted by Gasteiger charge is 2.27. The van der Waals surface area contributed by atoms with E-state index in [1.165, 1.54) is 0 Å². The average Bonchev–Trinajstić information content (AvgIpc) is 2.94. The van der Waals surface area contributed by atoms with Gasteiger partial charge in [0.25, 0.3) is 11.8 Å². The van der Waals surface area contributed by atoms with E-state index in [0.717, 1.165) is 57.9 Å². The lowest BCUT2D eigenvalue weighted by atomic mass is 10.0. The van der Waals surface area contributed by atoms with Crippen LogP contribution in [0.25, 0.3) is 0 Å². The standard InChI is InChI=1S/C25H42N6O3/c1-20-18-21(24(33)30-14-10-26(2)6-7-27(3)11-15-30)23(32)22(19-20)25(34)31-16-12-28(4)8-9-29(5)13-17-31/h18-19,32H,6-17H2,1-5H3. The molecular formula is C25H42N6O3. The quantitative estimate of drug-likeness (QED) is 0.663. The molecule has 0 unspecified atom stereocenters. The Morgan fingerprint density at radius 1 is 0.588 bits per heavy atom. The van der Waals surface area contributed by atoms with Crippen molar-refractivity contribution in [2.75, 3.05) is 107 Å². The second-order valence-electron chi connectivity index (χ2n) is 10.0. The molecule has 34 heavy (non-hydrogen) atoms. The predicted molar refractivity (Wildman–Crippen MR) is 135 cm³/mol. The van der Waals surface area contributed by atoms with Gasteiger partial charge in [-0.25, -0.2) is 0 Å². The molecule has 2 amide bonds. The Labute approximate surface area is 204 Å². The Kier molecular flexibility index (Phi) is 9.30. The van der Waals surface area contributed by atoms with Crippen molar-refractivity contribution in [3.63, 3.8) is 0 Å². The maximum Gasteiger partial charge on any atom is 0.257 e. The van der Waals surface area contributed by atoms with Crippen LogP contribution in [0, 0.1) is 6.92 Å². The van der Waals surface area contributed by atoms with Gasteiger partial charge in [-0.2, -0.15) is 0 Å². The molecule has 2 saturated heterocycles. The summed E-state index contributed by atoms with van der Waals surface area (Å²) in [7, 11) is 8.24. The topological polar surface area (TPSA) is 73.8 Å². The molecule has 0 aliphatic carbocycles. The molecule has 1 aromatic carbocycles. The Morgan fingerprint density at radius 3 is 1.15 bits per heavy atom. The zero-order valence-electron chi connectivity index (χ0n) is 21.6. The number of amides is 2. The molecule has 1 N–H and O–H groups in total. The number of hydrogen-bond acceptors (Lipinski definition) is 7. The van der Waals surface area contributed by atoms with Gasteiger partial charge in [-0.1, -0.05) is 0 Å². The maximum absolute atomic E-state index is 13.5. The number of phenols is 1. The molecule has 9 nitrogen and oxygen atoms in total. The highest BCUT2D eigenvalue weighted by molar-refractivity contribution is 6.04. The van der Waals surface area contributed by atoms with Crippen LogP contribution in [0.3, 0.4) is 0 Å².